The molecule has 2 rings (SSSR count). The molecule has 0 aliphatic carbocycles. The summed E-state index contributed by atoms with van der Waals surface area (Å²) in [5.74, 6) is -0.337. The Morgan fingerprint density at radius 2 is 2.29 bits per heavy atom. The summed E-state index contributed by atoms with van der Waals surface area (Å²) < 4.78 is 6.77. The molecule has 2 heterocycles. The maximum atomic E-state index is 11.7. The Kier molecular flexibility index (Phi) is 2.99. The minimum Gasteiger partial charge on any atom is -0.461 e. The van der Waals surface area contributed by atoms with Crippen molar-refractivity contribution in [3.63, 3.8) is 0 Å². The van der Waals surface area contributed by atoms with Gasteiger partial charge in [-0.15, -0.1) is 0 Å². The smallest absolute Gasteiger partial charge is 0.355 e. The van der Waals surface area contributed by atoms with E-state index in [2.05, 4.69) is 10.1 Å². The first-order valence-corrected chi connectivity index (χ1v) is 5.48. The molecule has 2 aromatic rings. The zero-order valence-electron chi connectivity index (χ0n) is 10.2. The average molecular weight is 233 g/mol. The maximum Gasteiger partial charge on any atom is 0.355 e. The largest absolute Gasteiger partial charge is 0.461 e. The minimum absolute atomic E-state index is 0.337. The summed E-state index contributed by atoms with van der Waals surface area (Å²) in [6.45, 7) is 4.11. The van der Waals surface area contributed by atoms with Crippen LogP contribution in [0, 0.1) is 6.92 Å². The monoisotopic (exact) mass is 233 g/mol. The number of ether oxygens (including phenoxy) is 1. The molecule has 0 spiro atoms. The third-order valence-corrected chi connectivity index (χ3v) is 2.75. The molecule has 0 saturated heterocycles. The molecule has 5 heteroatoms. The van der Waals surface area contributed by atoms with E-state index < -0.39 is 0 Å². The zero-order valence-corrected chi connectivity index (χ0v) is 10.2. The van der Waals surface area contributed by atoms with Crippen molar-refractivity contribution < 1.29 is 9.53 Å². The topological polar surface area (TPSA) is 59.9 Å². The van der Waals surface area contributed by atoms with Gasteiger partial charge in [0.2, 0.25) is 0 Å². The third kappa shape index (κ3) is 1.95. The van der Waals surface area contributed by atoms with Crippen LogP contribution in [0.4, 0.5) is 0 Å². The molecule has 90 valence electrons. The van der Waals surface area contributed by atoms with Crippen molar-refractivity contribution in [2.45, 2.75) is 13.8 Å². The molecule has 1 N–H and O–H groups in total. The Hall–Kier alpha value is -2.04. The first-order chi connectivity index (χ1) is 8.15. The van der Waals surface area contributed by atoms with E-state index in [1.165, 1.54) is 0 Å². The molecular weight excluding hydrogens is 218 g/mol. The van der Waals surface area contributed by atoms with E-state index in [0.29, 0.717) is 12.3 Å². The second-order valence-corrected chi connectivity index (χ2v) is 3.75. The van der Waals surface area contributed by atoms with Crippen LogP contribution in [-0.4, -0.2) is 27.3 Å². The first kappa shape index (κ1) is 11.4. The molecule has 0 aliphatic heterocycles. The first-order valence-electron chi connectivity index (χ1n) is 5.48. The normalized spacial score (nSPS) is 10.5. The van der Waals surface area contributed by atoms with Crippen molar-refractivity contribution in [2.24, 2.45) is 7.05 Å². The number of hydrogen-bond donors (Lipinski definition) is 1. The second kappa shape index (κ2) is 4.45. The minimum atomic E-state index is -0.337. The Morgan fingerprint density at radius 3 is 2.88 bits per heavy atom. The molecule has 0 aliphatic rings. The van der Waals surface area contributed by atoms with Crippen molar-refractivity contribution in [3.05, 3.63) is 29.8 Å². The van der Waals surface area contributed by atoms with Crippen LogP contribution in [0.3, 0.4) is 0 Å². The lowest BCUT2D eigenvalue weighted by Gasteiger charge is -2.03. The highest BCUT2D eigenvalue weighted by atomic mass is 16.5. The van der Waals surface area contributed by atoms with E-state index in [4.69, 9.17) is 4.74 Å². The van der Waals surface area contributed by atoms with Crippen LogP contribution < -0.4 is 0 Å². The highest BCUT2D eigenvalue weighted by Gasteiger charge is 2.17. The van der Waals surface area contributed by atoms with Crippen LogP contribution in [0.2, 0.25) is 0 Å². The van der Waals surface area contributed by atoms with E-state index >= 15 is 0 Å². The molecule has 0 amide bonds. The van der Waals surface area contributed by atoms with Crippen molar-refractivity contribution in [1.82, 2.24) is 14.8 Å². The number of nitrogens with one attached hydrogen (secondary N) is 1. The molecule has 2 aromatic heterocycles. The molecular formula is C12H15N3O2. The summed E-state index contributed by atoms with van der Waals surface area (Å²) in [5, 5.41) is 4.17. The highest BCUT2D eigenvalue weighted by molar-refractivity contribution is 5.95. The van der Waals surface area contributed by atoms with Crippen molar-refractivity contribution in [2.75, 3.05) is 6.61 Å². The maximum absolute atomic E-state index is 11.7. The molecule has 17 heavy (non-hydrogen) atoms. The van der Waals surface area contributed by atoms with Gasteiger partial charge in [0.25, 0.3) is 0 Å². The van der Waals surface area contributed by atoms with E-state index in [-0.39, 0.29) is 5.97 Å². The predicted octanol–water partition coefficient (Wildman–Crippen LogP) is 1.90. The molecule has 5 nitrogen and oxygen atoms in total. The quantitative estimate of drug-likeness (QED) is 0.824. The number of carbonyl (C=O) groups is 1. The van der Waals surface area contributed by atoms with E-state index in [9.17, 15) is 4.79 Å². The van der Waals surface area contributed by atoms with Gasteiger partial charge < -0.3 is 9.72 Å². The van der Waals surface area contributed by atoms with Gasteiger partial charge in [-0.2, -0.15) is 5.10 Å². The molecule has 0 unspecified atom stereocenters. The number of carbonyl (C=O) groups excluding carboxylic acids is 1. The summed E-state index contributed by atoms with van der Waals surface area (Å²) in [5.41, 5.74) is 3.25. The number of aromatic nitrogens is 3. The van der Waals surface area contributed by atoms with Gasteiger partial charge in [0, 0.05) is 30.1 Å². The van der Waals surface area contributed by atoms with Gasteiger partial charge in [-0.3, -0.25) is 4.68 Å². The highest BCUT2D eigenvalue weighted by Crippen LogP contribution is 2.26. The van der Waals surface area contributed by atoms with Crippen LogP contribution in [-0.2, 0) is 11.8 Å². The molecule has 0 radical (unpaired) electrons. The molecule has 0 fully saturated rings. The summed E-state index contributed by atoms with van der Waals surface area (Å²) in [4.78, 5) is 14.7. The lowest BCUT2D eigenvalue weighted by atomic mass is 10.1. The van der Waals surface area contributed by atoms with Crippen LogP contribution in [0.5, 0.6) is 0 Å². The summed E-state index contributed by atoms with van der Waals surface area (Å²) in [6.07, 6.45) is 3.48. The lowest BCUT2D eigenvalue weighted by molar-refractivity contribution is 0.0521. The SMILES string of the molecule is CCOC(=O)c1[nH]ccc1-c1cnn(C)c1C. The lowest BCUT2D eigenvalue weighted by Crippen LogP contribution is -2.06. The molecule has 0 atom stereocenters. The van der Waals surface area contributed by atoms with E-state index in [1.807, 2.05) is 20.0 Å². The number of esters is 1. The Bertz CT molecular complexity index is 540. The number of rotatable bonds is 3. The number of aromatic amines is 1. The van der Waals surface area contributed by atoms with E-state index in [0.717, 1.165) is 16.8 Å². The number of H-pyrrole nitrogens is 1. The third-order valence-electron chi connectivity index (χ3n) is 2.75. The standard InChI is InChI=1S/C12H15N3O2/c1-4-17-12(16)11-9(5-6-13-11)10-7-14-15(3)8(10)2/h5-7,13H,4H2,1-3H3. The fraction of sp³-hybridized carbons (Fsp3) is 0.333. The number of nitrogens with zero attached hydrogens (tertiary/aromatic N) is 2. The summed E-state index contributed by atoms with van der Waals surface area (Å²) in [6, 6.07) is 1.86. The van der Waals surface area contributed by atoms with Crippen LogP contribution >= 0.6 is 0 Å². The average Bonchev–Trinajstić information content (AvgIpc) is 2.88. The Morgan fingerprint density at radius 1 is 1.53 bits per heavy atom. The predicted molar refractivity (Wildman–Crippen MR) is 63.7 cm³/mol. The van der Waals surface area contributed by atoms with Crippen LogP contribution in [0.1, 0.15) is 23.1 Å². The fourth-order valence-electron chi connectivity index (χ4n) is 1.73. The molecule has 0 aromatic carbocycles. The Balaban J connectivity index is 2.44. The Labute approximate surface area is 99.4 Å². The van der Waals surface area contributed by atoms with Crippen molar-refractivity contribution in [1.29, 1.82) is 0 Å². The van der Waals surface area contributed by atoms with Gasteiger partial charge in [0.05, 0.1) is 12.8 Å². The van der Waals surface area contributed by atoms with Crippen molar-refractivity contribution in [3.8, 4) is 11.1 Å². The van der Waals surface area contributed by atoms with Gasteiger partial charge >= 0.3 is 5.97 Å². The second-order valence-electron chi connectivity index (χ2n) is 3.75. The molecule has 0 saturated carbocycles. The van der Waals surface area contributed by atoms with Gasteiger partial charge in [-0.05, 0) is 19.9 Å². The fourth-order valence-corrected chi connectivity index (χ4v) is 1.73. The summed E-state index contributed by atoms with van der Waals surface area (Å²) >= 11 is 0. The van der Waals surface area contributed by atoms with Gasteiger partial charge in [-0.1, -0.05) is 0 Å². The van der Waals surface area contributed by atoms with Crippen molar-refractivity contribution >= 4 is 5.97 Å². The van der Waals surface area contributed by atoms with Gasteiger partial charge in [0.15, 0.2) is 0 Å². The number of aryl methyl sites for hydroxylation is 1. The van der Waals surface area contributed by atoms with Crippen LogP contribution in [0.25, 0.3) is 11.1 Å². The molecule has 0 bridgehead atoms. The zero-order chi connectivity index (χ0) is 12.4. The summed E-state index contributed by atoms with van der Waals surface area (Å²) in [7, 11) is 1.87. The van der Waals surface area contributed by atoms with Gasteiger partial charge in [0.1, 0.15) is 5.69 Å². The van der Waals surface area contributed by atoms with E-state index in [1.54, 1.807) is 24.0 Å². The number of hydrogen-bond acceptors (Lipinski definition) is 3. The van der Waals surface area contributed by atoms with Gasteiger partial charge in [-0.25, -0.2) is 4.79 Å². The van der Waals surface area contributed by atoms with Crippen LogP contribution in [0.15, 0.2) is 18.5 Å².